The van der Waals surface area contributed by atoms with E-state index in [1.54, 1.807) is 0 Å². The molecule has 0 aliphatic carbocycles. The van der Waals surface area contributed by atoms with Gasteiger partial charge >= 0.3 is 6.18 Å². The molecule has 0 saturated carbocycles. The number of nitrogens with one attached hydrogen (secondary N) is 1. The molecule has 0 bridgehead atoms. The minimum atomic E-state index is -4.51. The number of alkyl halides is 3. The van der Waals surface area contributed by atoms with Gasteiger partial charge in [-0.05, 0) is 6.42 Å². The highest BCUT2D eigenvalue weighted by Crippen LogP contribution is 2.32. The van der Waals surface area contributed by atoms with E-state index in [-0.39, 0.29) is 17.5 Å². The van der Waals surface area contributed by atoms with Crippen LogP contribution in [0.3, 0.4) is 0 Å². The molecule has 0 saturated heterocycles. The Morgan fingerprint density at radius 3 is 2.59 bits per heavy atom. The summed E-state index contributed by atoms with van der Waals surface area (Å²) in [7, 11) is 0. The molecule has 1 aromatic heterocycles. The van der Waals surface area contributed by atoms with Crippen LogP contribution in [-0.2, 0) is 11.0 Å². The average Bonchev–Trinajstić information content (AvgIpc) is 2.66. The van der Waals surface area contributed by atoms with Gasteiger partial charge in [-0.3, -0.25) is 4.79 Å². The molecule has 0 aromatic carbocycles. The summed E-state index contributed by atoms with van der Waals surface area (Å²) < 4.78 is 36.5. The maximum Gasteiger partial charge on any atom is 0.445 e. The van der Waals surface area contributed by atoms with E-state index >= 15 is 0 Å². The topological polar surface area (TPSA) is 54.9 Å². The molecule has 1 amide bonds. The largest absolute Gasteiger partial charge is 0.445 e. The Balaban J connectivity index is 2.46. The van der Waals surface area contributed by atoms with Crippen molar-refractivity contribution in [3.63, 3.8) is 0 Å². The molecular weight excluding hydrogens is 255 g/mol. The van der Waals surface area contributed by atoms with E-state index in [0.29, 0.717) is 17.8 Å². The molecule has 17 heavy (non-hydrogen) atoms. The number of rotatable bonds is 5. The van der Waals surface area contributed by atoms with Crippen molar-refractivity contribution in [2.24, 2.45) is 0 Å². The fourth-order valence-electron chi connectivity index (χ4n) is 1.11. The SMILES string of the molecule is CCCCCC(=O)Nc1nnc(C(F)(F)F)s1. The van der Waals surface area contributed by atoms with Gasteiger partial charge in [-0.15, -0.1) is 10.2 Å². The Morgan fingerprint density at radius 2 is 2.06 bits per heavy atom. The second-order valence-corrected chi connectivity index (χ2v) is 4.39. The Labute approximate surface area is 100 Å². The number of carbonyl (C=O) groups excluding carboxylic acids is 1. The first-order chi connectivity index (χ1) is 7.93. The second kappa shape index (κ2) is 5.95. The number of amides is 1. The lowest BCUT2D eigenvalue weighted by Gasteiger charge is -2.00. The van der Waals surface area contributed by atoms with Gasteiger partial charge in [-0.2, -0.15) is 13.2 Å². The Kier molecular flexibility index (Phi) is 4.86. The zero-order valence-corrected chi connectivity index (χ0v) is 9.99. The van der Waals surface area contributed by atoms with Gasteiger partial charge in [-0.25, -0.2) is 0 Å². The molecule has 0 spiro atoms. The lowest BCUT2D eigenvalue weighted by molar-refractivity contribution is -0.138. The van der Waals surface area contributed by atoms with Gasteiger partial charge in [0.1, 0.15) is 0 Å². The maximum absolute atomic E-state index is 12.2. The predicted molar refractivity (Wildman–Crippen MR) is 57.7 cm³/mol. The zero-order chi connectivity index (χ0) is 12.9. The van der Waals surface area contributed by atoms with Crippen molar-refractivity contribution in [3.05, 3.63) is 5.01 Å². The molecule has 0 unspecified atom stereocenters. The molecule has 0 radical (unpaired) electrons. The molecule has 4 nitrogen and oxygen atoms in total. The molecule has 1 heterocycles. The van der Waals surface area contributed by atoms with Crippen LogP contribution in [0.1, 0.15) is 37.6 Å². The highest BCUT2D eigenvalue weighted by Gasteiger charge is 2.35. The van der Waals surface area contributed by atoms with Gasteiger partial charge in [0.05, 0.1) is 0 Å². The zero-order valence-electron chi connectivity index (χ0n) is 9.17. The van der Waals surface area contributed by atoms with Crippen molar-refractivity contribution in [2.75, 3.05) is 5.32 Å². The van der Waals surface area contributed by atoms with Crippen LogP contribution in [0.2, 0.25) is 0 Å². The number of anilines is 1. The van der Waals surface area contributed by atoms with Crippen LogP contribution in [0, 0.1) is 0 Å². The van der Waals surface area contributed by atoms with E-state index < -0.39 is 11.2 Å². The average molecular weight is 267 g/mol. The lowest BCUT2D eigenvalue weighted by Crippen LogP contribution is -2.10. The third kappa shape index (κ3) is 4.68. The summed E-state index contributed by atoms with van der Waals surface area (Å²) in [5.74, 6) is -0.330. The van der Waals surface area contributed by atoms with Crippen LogP contribution in [0.5, 0.6) is 0 Å². The van der Waals surface area contributed by atoms with Crippen LogP contribution >= 0.6 is 11.3 Å². The number of carbonyl (C=O) groups is 1. The van der Waals surface area contributed by atoms with Gasteiger partial charge in [-0.1, -0.05) is 31.1 Å². The minimum absolute atomic E-state index is 0.112. The third-order valence-electron chi connectivity index (χ3n) is 1.92. The summed E-state index contributed by atoms with van der Waals surface area (Å²) in [6, 6.07) is 0. The molecular formula is C9H12F3N3OS. The molecule has 0 aliphatic heterocycles. The molecule has 0 aliphatic rings. The van der Waals surface area contributed by atoms with Crippen molar-refractivity contribution in [3.8, 4) is 0 Å². The standard InChI is InChI=1S/C9H12F3N3OS/c1-2-3-4-5-6(16)13-8-15-14-7(17-8)9(10,11)12/h2-5H2,1H3,(H,13,15,16). The van der Waals surface area contributed by atoms with E-state index in [9.17, 15) is 18.0 Å². The summed E-state index contributed by atoms with van der Waals surface area (Å²) in [6.07, 6.45) is -1.62. The van der Waals surface area contributed by atoms with Gasteiger partial charge in [0.15, 0.2) is 0 Å². The molecule has 8 heteroatoms. The smallest absolute Gasteiger partial charge is 0.301 e. The number of nitrogens with zero attached hydrogens (tertiary/aromatic N) is 2. The number of halogens is 3. The quantitative estimate of drug-likeness (QED) is 0.834. The normalized spacial score (nSPS) is 11.5. The molecule has 96 valence electrons. The van der Waals surface area contributed by atoms with Gasteiger partial charge in [0.2, 0.25) is 16.0 Å². The molecule has 0 fully saturated rings. The summed E-state index contributed by atoms with van der Waals surface area (Å²) in [4.78, 5) is 11.3. The number of hydrogen-bond acceptors (Lipinski definition) is 4. The minimum Gasteiger partial charge on any atom is -0.301 e. The third-order valence-corrected chi connectivity index (χ3v) is 2.80. The monoisotopic (exact) mass is 267 g/mol. The summed E-state index contributed by atoms with van der Waals surface area (Å²) in [6.45, 7) is 2.00. The van der Waals surface area contributed by atoms with Crippen molar-refractivity contribution in [1.82, 2.24) is 10.2 Å². The van der Waals surface area contributed by atoms with Crippen LogP contribution in [0.4, 0.5) is 18.3 Å². The highest BCUT2D eigenvalue weighted by atomic mass is 32.1. The van der Waals surface area contributed by atoms with Crippen LogP contribution in [0.25, 0.3) is 0 Å². The lowest BCUT2D eigenvalue weighted by atomic mass is 10.2. The van der Waals surface area contributed by atoms with Crippen LogP contribution < -0.4 is 5.32 Å². The van der Waals surface area contributed by atoms with Crippen molar-refractivity contribution >= 4 is 22.4 Å². The molecule has 0 atom stereocenters. The number of unbranched alkanes of at least 4 members (excludes halogenated alkanes) is 2. The van der Waals surface area contributed by atoms with E-state index in [1.165, 1.54) is 0 Å². The van der Waals surface area contributed by atoms with Gasteiger partial charge < -0.3 is 5.32 Å². The highest BCUT2D eigenvalue weighted by molar-refractivity contribution is 7.15. The van der Waals surface area contributed by atoms with E-state index in [1.807, 2.05) is 6.92 Å². The number of hydrogen-bond donors (Lipinski definition) is 1. The maximum atomic E-state index is 12.2. The fourth-order valence-corrected chi connectivity index (χ4v) is 1.73. The van der Waals surface area contributed by atoms with E-state index in [0.717, 1.165) is 12.8 Å². The fraction of sp³-hybridized carbons (Fsp3) is 0.667. The summed E-state index contributed by atoms with van der Waals surface area (Å²) >= 11 is 0.328. The van der Waals surface area contributed by atoms with Crippen LogP contribution in [-0.4, -0.2) is 16.1 Å². The van der Waals surface area contributed by atoms with Gasteiger partial charge in [0, 0.05) is 6.42 Å². The Morgan fingerprint density at radius 1 is 1.35 bits per heavy atom. The summed E-state index contributed by atoms with van der Waals surface area (Å²) in [5, 5.41) is 7.37. The number of aromatic nitrogens is 2. The van der Waals surface area contributed by atoms with Gasteiger partial charge in [0.25, 0.3) is 0 Å². The predicted octanol–water partition coefficient (Wildman–Crippen LogP) is 3.08. The van der Waals surface area contributed by atoms with Crippen molar-refractivity contribution in [2.45, 2.75) is 38.8 Å². The van der Waals surface area contributed by atoms with Crippen molar-refractivity contribution in [1.29, 1.82) is 0 Å². The Bertz CT molecular complexity index is 378. The Hall–Kier alpha value is -1.18. The van der Waals surface area contributed by atoms with E-state index in [4.69, 9.17) is 0 Å². The van der Waals surface area contributed by atoms with E-state index in [2.05, 4.69) is 15.5 Å². The molecule has 1 aromatic rings. The molecule has 1 N–H and O–H groups in total. The first-order valence-corrected chi connectivity index (χ1v) is 5.95. The second-order valence-electron chi connectivity index (χ2n) is 3.42. The first-order valence-electron chi connectivity index (χ1n) is 5.14. The van der Waals surface area contributed by atoms with Crippen molar-refractivity contribution < 1.29 is 18.0 Å². The van der Waals surface area contributed by atoms with Crippen LogP contribution in [0.15, 0.2) is 0 Å². The summed E-state index contributed by atoms with van der Waals surface area (Å²) in [5.41, 5.74) is 0. The molecule has 1 rings (SSSR count). The first kappa shape index (κ1) is 13.9.